The Hall–Kier alpha value is -3.78. The van der Waals surface area contributed by atoms with Gasteiger partial charge in [-0.05, 0) is 30.3 Å². The highest BCUT2D eigenvalue weighted by Gasteiger charge is 2.20. The van der Waals surface area contributed by atoms with E-state index in [1.165, 1.54) is 22.7 Å². The van der Waals surface area contributed by atoms with E-state index in [0.29, 0.717) is 46.0 Å². The van der Waals surface area contributed by atoms with Crippen molar-refractivity contribution in [3.8, 4) is 28.4 Å². The molecule has 0 spiro atoms. The van der Waals surface area contributed by atoms with Crippen molar-refractivity contribution in [2.75, 3.05) is 0 Å². The molecule has 0 atom stereocenters. The minimum atomic E-state index is -0.391. The molecule has 0 aliphatic heterocycles. The summed E-state index contributed by atoms with van der Waals surface area (Å²) in [5.41, 5.74) is 2.80. The quantitative estimate of drug-likeness (QED) is 0.458. The van der Waals surface area contributed by atoms with Crippen molar-refractivity contribution < 1.29 is 13.9 Å². The molecule has 4 aromatic heterocycles. The van der Waals surface area contributed by atoms with Crippen LogP contribution in [0.2, 0.25) is 5.15 Å². The van der Waals surface area contributed by atoms with Crippen molar-refractivity contribution in [3.05, 3.63) is 83.5 Å². The minimum absolute atomic E-state index is 0.0594. The summed E-state index contributed by atoms with van der Waals surface area (Å²) in [6, 6.07) is 11.2. The molecule has 9 heteroatoms. The van der Waals surface area contributed by atoms with Gasteiger partial charge in [0.25, 0.3) is 0 Å². The summed E-state index contributed by atoms with van der Waals surface area (Å²) >= 11 is 6.01. The van der Waals surface area contributed by atoms with Crippen molar-refractivity contribution in [1.82, 2.24) is 24.6 Å². The van der Waals surface area contributed by atoms with Crippen LogP contribution < -0.4 is 0 Å². The van der Waals surface area contributed by atoms with Crippen LogP contribution in [0.1, 0.15) is 11.5 Å². The number of hydrogen-bond donors (Lipinski definition) is 1. The topological polar surface area (TPSA) is 89.3 Å². The maximum absolute atomic E-state index is 13.8. The van der Waals surface area contributed by atoms with Gasteiger partial charge in [-0.1, -0.05) is 23.7 Å². The molecule has 4 heterocycles. The molecule has 0 aliphatic carbocycles. The molecule has 0 aliphatic rings. The number of fused-ring (bicyclic) bond motifs is 1. The van der Waals surface area contributed by atoms with Crippen molar-refractivity contribution in [2.24, 2.45) is 0 Å². The summed E-state index contributed by atoms with van der Waals surface area (Å²) in [7, 11) is 0. The maximum Gasteiger partial charge on any atom is 0.219 e. The second-order valence-corrected chi connectivity index (χ2v) is 6.97. The first-order chi connectivity index (χ1) is 14.6. The Bertz CT molecular complexity index is 1370. The number of benzene rings is 1. The molecule has 7 nitrogen and oxygen atoms in total. The van der Waals surface area contributed by atoms with Crippen molar-refractivity contribution >= 4 is 17.2 Å². The van der Waals surface area contributed by atoms with Crippen LogP contribution in [0, 0.1) is 5.82 Å². The Kier molecular flexibility index (Phi) is 4.40. The summed E-state index contributed by atoms with van der Waals surface area (Å²) in [6.07, 6.45) is 4.96. The van der Waals surface area contributed by atoms with Gasteiger partial charge >= 0.3 is 0 Å². The lowest BCUT2D eigenvalue weighted by atomic mass is 10.1. The molecule has 5 aromatic rings. The third-order valence-corrected chi connectivity index (χ3v) is 4.78. The number of nitrogens with zero attached hydrogens (tertiary/aromatic N) is 5. The molecule has 30 heavy (non-hydrogen) atoms. The van der Waals surface area contributed by atoms with E-state index in [2.05, 4.69) is 20.2 Å². The third-order valence-electron chi connectivity index (χ3n) is 4.59. The lowest BCUT2D eigenvalue weighted by Gasteiger charge is -2.08. The lowest BCUT2D eigenvalue weighted by molar-refractivity contribution is 0.438. The number of halogens is 2. The average Bonchev–Trinajstić information content (AvgIpc) is 3.36. The van der Waals surface area contributed by atoms with Gasteiger partial charge in [0.05, 0.1) is 24.6 Å². The van der Waals surface area contributed by atoms with E-state index in [4.69, 9.17) is 16.0 Å². The number of imidazole rings is 1. The zero-order chi connectivity index (χ0) is 20.7. The van der Waals surface area contributed by atoms with Crippen LogP contribution in [0.15, 0.2) is 65.5 Å². The summed E-state index contributed by atoms with van der Waals surface area (Å²) in [5, 5.41) is 18.7. The molecule has 1 aromatic carbocycles. The van der Waals surface area contributed by atoms with Gasteiger partial charge in [-0.15, -0.1) is 5.10 Å². The van der Waals surface area contributed by atoms with Crippen molar-refractivity contribution in [3.63, 3.8) is 0 Å². The van der Waals surface area contributed by atoms with Gasteiger partial charge < -0.3 is 9.52 Å². The molecule has 0 saturated heterocycles. The second kappa shape index (κ2) is 7.23. The van der Waals surface area contributed by atoms with Gasteiger partial charge in [0.1, 0.15) is 23.0 Å². The fourth-order valence-electron chi connectivity index (χ4n) is 3.23. The van der Waals surface area contributed by atoms with Crippen molar-refractivity contribution in [1.29, 1.82) is 0 Å². The molecule has 0 radical (unpaired) electrons. The Morgan fingerprint density at radius 2 is 2.00 bits per heavy atom. The van der Waals surface area contributed by atoms with E-state index in [1.54, 1.807) is 42.8 Å². The third kappa shape index (κ3) is 3.27. The zero-order valence-corrected chi connectivity index (χ0v) is 16.1. The van der Waals surface area contributed by atoms with Crippen LogP contribution in [0.4, 0.5) is 4.39 Å². The standard InChI is InChI=1S/C21H13ClFN5O2/c22-18-8-13(10-24-27-18)19-20-26-16(9-15-5-2-6-30-15)21(29)28(20)11-17(25-19)12-3-1-4-14(23)7-12/h1-8,10-11,29H,9H2. The highest BCUT2D eigenvalue weighted by atomic mass is 35.5. The molecule has 0 saturated carbocycles. The first-order valence-corrected chi connectivity index (χ1v) is 9.34. The van der Waals surface area contributed by atoms with Gasteiger partial charge in [0.2, 0.25) is 5.88 Å². The highest BCUT2D eigenvalue weighted by Crippen LogP contribution is 2.32. The monoisotopic (exact) mass is 421 g/mol. The average molecular weight is 422 g/mol. The van der Waals surface area contributed by atoms with Crippen LogP contribution in [0.5, 0.6) is 5.88 Å². The molecular formula is C21H13ClFN5O2. The molecule has 0 fully saturated rings. The smallest absolute Gasteiger partial charge is 0.219 e. The number of furan rings is 1. The van der Waals surface area contributed by atoms with Gasteiger partial charge in [-0.25, -0.2) is 14.4 Å². The Labute approximate surface area is 174 Å². The predicted octanol–water partition coefficient (Wildman–Crippen LogP) is 4.54. The van der Waals surface area contributed by atoms with Gasteiger partial charge in [0.15, 0.2) is 10.8 Å². The van der Waals surface area contributed by atoms with E-state index in [1.807, 2.05) is 0 Å². The predicted molar refractivity (Wildman–Crippen MR) is 108 cm³/mol. The minimum Gasteiger partial charge on any atom is -0.493 e. The van der Waals surface area contributed by atoms with E-state index in [9.17, 15) is 9.50 Å². The van der Waals surface area contributed by atoms with Crippen LogP contribution in [0.3, 0.4) is 0 Å². The summed E-state index contributed by atoms with van der Waals surface area (Å²) in [6.45, 7) is 0. The summed E-state index contributed by atoms with van der Waals surface area (Å²) in [4.78, 5) is 9.23. The summed E-state index contributed by atoms with van der Waals surface area (Å²) < 4.78 is 20.7. The zero-order valence-electron chi connectivity index (χ0n) is 15.3. The van der Waals surface area contributed by atoms with Gasteiger partial charge in [0, 0.05) is 17.3 Å². The van der Waals surface area contributed by atoms with Gasteiger partial charge in [-0.2, -0.15) is 5.10 Å². The van der Waals surface area contributed by atoms with Crippen LogP contribution in [-0.4, -0.2) is 29.7 Å². The number of rotatable bonds is 4. The molecule has 1 N–H and O–H groups in total. The van der Waals surface area contributed by atoms with Gasteiger partial charge in [-0.3, -0.25) is 4.40 Å². The molecule has 0 amide bonds. The maximum atomic E-state index is 13.8. The fourth-order valence-corrected chi connectivity index (χ4v) is 3.39. The van der Waals surface area contributed by atoms with Crippen LogP contribution >= 0.6 is 11.6 Å². The fraction of sp³-hybridized carbons (Fsp3) is 0.0476. The Balaban J connectivity index is 1.76. The number of hydrogen-bond acceptors (Lipinski definition) is 6. The SMILES string of the molecule is Oc1c(Cc2ccco2)nc2c(-c3cnnc(Cl)c3)nc(-c3cccc(F)c3)cn12. The van der Waals surface area contributed by atoms with Crippen molar-refractivity contribution in [2.45, 2.75) is 6.42 Å². The molecule has 148 valence electrons. The Morgan fingerprint density at radius 3 is 2.77 bits per heavy atom. The molecular weight excluding hydrogens is 409 g/mol. The summed E-state index contributed by atoms with van der Waals surface area (Å²) in [5.74, 6) is 0.205. The van der Waals surface area contributed by atoms with Crippen LogP contribution in [0.25, 0.3) is 28.2 Å². The van der Waals surface area contributed by atoms with E-state index < -0.39 is 5.82 Å². The normalized spacial score (nSPS) is 11.3. The molecule has 0 unspecified atom stereocenters. The number of aromatic nitrogens is 5. The first kappa shape index (κ1) is 18.3. The highest BCUT2D eigenvalue weighted by molar-refractivity contribution is 6.29. The van der Waals surface area contributed by atoms with E-state index in [0.717, 1.165) is 0 Å². The Morgan fingerprint density at radius 1 is 1.10 bits per heavy atom. The first-order valence-electron chi connectivity index (χ1n) is 8.96. The molecule has 5 rings (SSSR count). The van der Waals surface area contributed by atoms with E-state index >= 15 is 0 Å². The largest absolute Gasteiger partial charge is 0.493 e. The van der Waals surface area contributed by atoms with E-state index in [-0.39, 0.29) is 11.0 Å². The lowest BCUT2D eigenvalue weighted by Crippen LogP contribution is -1.97. The van der Waals surface area contributed by atoms with Crippen LogP contribution in [-0.2, 0) is 6.42 Å². The second-order valence-electron chi connectivity index (χ2n) is 6.58. The number of aromatic hydroxyl groups is 1. The molecule has 0 bridgehead atoms.